The number of ketones is 1. The Morgan fingerprint density at radius 1 is 1.15 bits per heavy atom. The maximum atomic E-state index is 13.0. The summed E-state index contributed by atoms with van der Waals surface area (Å²) in [5, 5.41) is 1.91. The SMILES string of the molecule is CCOC(=O)c1cc(C(=O)c2ccc(Br)s2)n2ccc3ccccc3c12. The fourth-order valence-electron chi connectivity index (χ4n) is 3.07. The molecule has 1 aromatic carbocycles. The number of hydrogen-bond acceptors (Lipinski definition) is 4. The molecule has 0 aliphatic carbocycles. The molecule has 4 aromatic rings. The van der Waals surface area contributed by atoms with E-state index < -0.39 is 5.97 Å². The van der Waals surface area contributed by atoms with E-state index in [1.54, 1.807) is 23.5 Å². The molecule has 0 unspecified atom stereocenters. The van der Waals surface area contributed by atoms with Crippen LogP contribution in [0.25, 0.3) is 16.3 Å². The van der Waals surface area contributed by atoms with Gasteiger partial charge in [0.05, 0.1) is 32.0 Å². The third-order valence-electron chi connectivity index (χ3n) is 4.18. The summed E-state index contributed by atoms with van der Waals surface area (Å²) in [5.74, 6) is -0.547. The zero-order valence-corrected chi connectivity index (χ0v) is 16.3. The van der Waals surface area contributed by atoms with Crippen molar-refractivity contribution in [2.75, 3.05) is 6.61 Å². The molecule has 0 saturated heterocycles. The van der Waals surface area contributed by atoms with Crippen molar-refractivity contribution in [1.29, 1.82) is 0 Å². The minimum atomic E-state index is -0.423. The smallest absolute Gasteiger partial charge is 0.340 e. The van der Waals surface area contributed by atoms with Crippen molar-refractivity contribution in [2.45, 2.75) is 6.92 Å². The van der Waals surface area contributed by atoms with Crippen LogP contribution >= 0.6 is 27.3 Å². The highest BCUT2D eigenvalue weighted by molar-refractivity contribution is 9.11. The molecule has 4 nitrogen and oxygen atoms in total. The highest BCUT2D eigenvalue weighted by Crippen LogP contribution is 2.30. The number of aromatic nitrogens is 1. The first-order chi connectivity index (χ1) is 12.6. The maximum absolute atomic E-state index is 13.0. The van der Waals surface area contributed by atoms with Gasteiger partial charge in [-0.3, -0.25) is 4.79 Å². The van der Waals surface area contributed by atoms with E-state index in [1.807, 2.05) is 42.6 Å². The first-order valence-corrected chi connectivity index (χ1v) is 9.71. The number of rotatable bonds is 4. The van der Waals surface area contributed by atoms with Crippen LogP contribution in [-0.4, -0.2) is 22.8 Å². The fraction of sp³-hybridized carbons (Fsp3) is 0.100. The molecule has 0 atom stereocenters. The third kappa shape index (κ3) is 2.75. The van der Waals surface area contributed by atoms with Gasteiger partial charge in [-0.2, -0.15) is 0 Å². The van der Waals surface area contributed by atoms with E-state index in [4.69, 9.17) is 4.74 Å². The van der Waals surface area contributed by atoms with Gasteiger partial charge in [0.1, 0.15) is 0 Å². The predicted octanol–water partition coefficient (Wildman–Crippen LogP) is 5.32. The van der Waals surface area contributed by atoms with Crippen molar-refractivity contribution in [2.24, 2.45) is 0 Å². The van der Waals surface area contributed by atoms with Gasteiger partial charge >= 0.3 is 5.97 Å². The summed E-state index contributed by atoms with van der Waals surface area (Å²) in [5.41, 5.74) is 1.55. The van der Waals surface area contributed by atoms with Gasteiger partial charge in [-0.1, -0.05) is 24.3 Å². The topological polar surface area (TPSA) is 47.8 Å². The number of ether oxygens (including phenoxy) is 1. The number of benzene rings is 1. The second-order valence-electron chi connectivity index (χ2n) is 5.72. The van der Waals surface area contributed by atoms with Gasteiger partial charge in [0, 0.05) is 11.6 Å². The summed E-state index contributed by atoms with van der Waals surface area (Å²) in [4.78, 5) is 26.2. The lowest BCUT2D eigenvalue weighted by atomic mass is 10.1. The van der Waals surface area contributed by atoms with Gasteiger partial charge in [-0.15, -0.1) is 11.3 Å². The molecular formula is C20H14BrNO3S. The van der Waals surface area contributed by atoms with E-state index in [9.17, 15) is 9.59 Å². The zero-order valence-electron chi connectivity index (χ0n) is 13.9. The summed E-state index contributed by atoms with van der Waals surface area (Å²) < 4.78 is 7.89. The quantitative estimate of drug-likeness (QED) is 0.326. The van der Waals surface area contributed by atoms with Crippen LogP contribution in [0.3, 0.4) is 0 Å². The molecule has 0 amide bonds. The number of nitrogens with zero attached hydrogens (tertiary/aromatic N) is 1. The molecule has 130 valence electrons. The van der Waals surface area contributed by atoms with Crippen molar-refractivity contribution in [1.82, 2.24) is 4.40 Å². The Balaban J connectivity index is 2.01. The Morgan fingerprint density at radius 3 is 2.69 bits per heavy atom. The fourth-order valence-corrected chi connectivity index (χ4v) is 4.40. The molecule has 4 rings (SSSR count). The predicted molar refractivity (Wildman–Crippen MR) is 106 cm³/mol. The van der Waals surface area contributed by atoms with Crippen LogP contribution in [0, 0.1) is 0 Å². The Kier molecular flexibility index (Phi) is 4.38. The van der Waals surface area contributed by atoms with Crippen molar-refractivity contribution in [3.05, 3.63) is 74.6 Å². The first kappa shape index (κ1) is 17.0. The van der Waals surface area contributed by atoms with Crippen LogP contribution in [0.2, 0.25) is 0 Å². The highest BCUT2D eigenvalue weighted by Gasteiger charge is 2.23. The molecule has 6 heteroatoms. The molecule has 0 aliphatic heterocycles. The number of fused-ring (bicyclic) bond motifs is 3. The second kappa shape index (κ2) is 6.70. The molecule has 0 bridgehead atoms. The average Bonchev–Trinajstić information content (AvgIpc) is 3.25. The molecule has 0 radical (unpaired) electrons. The van der Waals surface area contributed by atoms with E-state index in [2.05, 4.69) is 15.9 Å². The van der Waals surface area contributed by atoms with Crippen molar-refractivity contribution in [3.8, 4) is 0 Å². The largest absolute Gasteiger partial charge is 0.462 e. The number of hydrogen-bond donors (Lipinski definition) is 0. The van der Waals surface area contributed by atoms with E-state index in [-0.39, 0.29) is 12.4 Å². The first-order valence-electron chi connectivity index (χ1n) is 8.10. The lowest BCUT2D eigenvalue weighted by Crippen LogP contribution is -2.04. The normalized spacial score (nSPS) is 11.2. The minimum absolute atomic E-state index is 0.124. The molecule has 0 fully saturated rings. The van der Waals surface area contributed by atoms with Crippen molar-refractivity contribution < 1.29 is 14.3 Å². The molecule has 26 heavy (non-hydrogen) atoms. The van der Waals surface area contributed by atoms with Crippen molar-refractivity contribution >= 4 is 55.3 Å². The monoisotopic (exact) mass is 427 g/mol. The molecular weight excluding hydrogens is 414 g/mol. The third-order valence-corrected chi connectivity index (χ3v) is 5.80. The van der Waals surface area contributed by atoms with Crippen LogP contribution in [0.1, 0.15) is 32.6 Å². The minimum Gasteiger partial charge on any atom is -0.462 e. The van der Waals surface area contributed by atoms with Crippen LogP contribution in [0.15, 0.2) is 58.5 Å². The highest BCUT2D eigenvalue weighted by atomic mass is 79.9. The zero-order chi connectivity index (χ0) is 18.3. The van der Waals surface area contributed by atoms with E-state index in [0.29, 0.717) is 21.7 Å². The standard InChI is InChI=1S/C20H14BrNO3S/c1-2-25-20(24)14-11-15(19(23)16-7-8-17(21)26-16)22-10-9-12-5-3-4-6-13(12)18(14)22/h3-11H,2H2,1H3. The van der Waals surface area contributed by atoms with Gasteiger partial charge in [0.2, 0.25) is 5.78 Å². The Bertz CT molecular complexity index is 1160. The summed E-state index contributed by atoms with van der Waals surface area (Å²) >= 11 is 4.76. The molecule has 0 aliphatic rings. The number of esters is 1. The molecule has 0 saturated carbocycles. The van der Waals surface area contributed by atoms with Gasteiger partial charge < -0.3 is 9.14 Å². The Morgan fingerprint density at radius 2 is 1.96 bits per heavy atom. The summed E-state index contributed by atoms with van der Waals surface area (Å²) in [7, 11) is 0. The summed E-state index contributed by atoms with van der Waals surface area (Å²) in [6.45, 7) is 2.05. The second-order valence-corrected chi connectivity index (χ2v) is 8.18. The molecule has 3 aromatic heterocycles. The van der Waals surface area contributed by atoms with Crippen LogP contribution < -0.4 is 0 Å². The van der Waals surface area contributed by atoms with Crippen molar-refractivity contribution in [3.63, 3.8) is 0 Å². The lowest BCUT2D eigenvalue weighted by molar-refractivity contribution is 0.0529. The summed E-state index contributed by atoms with van der Waals surface area (Å²) in [6, 6.07) is 15.0. The number of carbonyl (C=O) groups excluding carboxylic acids is 2. The maximum Gasteiger partial charge on any atom is 0.340 e. The number of halogens is 1. The van der Waals surface area contributed by atoms with E-state index in [0.717, 1.165) is 14.6 Å². The molecule has 0 N–H and O–H groups in total. The van der Waals surface area contributed by atoms with Gasteiger partial charge in [-0.05, 0) is 52.5 Å². The number of carbonyl (C=O) groups is 2. The molecule has 0 spiro atoms. The van der Waals surface area contributed by atoms with Crippen LogP contribution in [0.5, 0.6) is 0 Å². The van der Waals surface area contributed by atoms with Gasteiger partial charge in [0.15, 0.2) is 0 Å². The molecule has 3 heterocycles. The number of pyridine rings is 1. The van der Waals surface area contributed by atoms with E-state index >= 15 is 0 Å². The van der Waals surface area contributed by atoms with E-state index in [1.165, 1.54) is 11.3 Å². The van der Waals surface area contributed by atoms with Gasteiger partial charge in [-0.25, -0.2) is 4.79 Å². The summed E-state index contributed by atoms with van der Waals surface area (Å²) in [6.07, 6.45) is 1.83. The van der Waals surface area contributed by atoms with Crippen LogP contribution in [-0.2, 0) is 4.74 Å². The average molecular weight is 428 g/mol. The Labute approximate surface area is 162 Å². The van der Waals surface area contributed by atoms with Crippen LogP contribution in [0.4, 0.5) is 0 Å². The Hall–Kier alpha value is -2.44. The number of thiophene rings is 1. The van der Waals surface area contributed by atoms with Gasteiger partial charge in [0.25, 0.3) is 0 Å². The lowest BCUT2D eigenvalue weighted by Gasteiger charge is -2.06.